The molecule has 0 aliphatic rings. The van der Waals surface area contributed by atoms with Crippen LogP contribution in [0, 0.1) is 0 Å². The Labute approximate surface area is 87.1 Å². The minimum atomic E-state index is -3.79. The standard InChI is InChI=1S/C6H9NO4S3/c1-13(8,9)7(14(2,10)11)6-4-3-5-12-6/h3-5H,1-2H3. The molecule has 0 saturated carbocycles. The third-order valence-electron chi connectivity index (χ3n) is 1.29. The highest BCUT2D eigenvalue weighted by molar-refractivity contribution is 8.09. The van der Waals surface area contributed by atoms with Crippen LogP contribution in [0.2, 0.25) is 0 Å². The minimum absolute atomic E-state index is 0.176. The number of hydrogen-bond donors (Lipinski definition) is 0. The highest BCUT2D eigenvalue weighted by atomic mass is 32.3. The van der Waals surface area contributed by atoms with E-state index in [9.17, 15) is 16.8 Å². The lowest BCUT2D eigenvalue weighted by atomic mass is 10.6. The Balaban J connectivity index is 3.37. The fraction of sp³-hybridized carbons (Fsp3) is 0.333. The molecule has 0 amide bonds. The highest BCUT2D eigenvalue weighted by Gasteiger charge is 2.27. The predicted octanol–water partition coefficient (Wildman–Crippen LogP) is 0.474. The SMILES string of the molecule is CS(=O)(=O)N(c1cccs1)S(C)(=O)=O. The van der Waals surface area contributed by atoms with Crippen LogP contribution >= 0.6 is 11.3 Å². The van der Waals surface area contributed by atoms with Crippen molar-refractivity contribution >= 4 is 36.4 Å². The van der Waals surface area contributed by atoms with Crippen LogP contribution in [0.1, 0.15) is 0 Å². The van der Waals surface area contributed by atoms with Gasteiger partial charge in [0, 0.05) is 0 Å². The number of rotatable bonds is 3. The van der Waals surface area contributed by atoms with Crippen LogP contribution in [-0.2, 0) is 20.0 Å². The predicted molar refractivity (Wildman–Crippen MR) is 56.5 cm³/mol. The average Bonchev–Trinajstić information content (AvgIpc) is 2.31. The van der Waals surface area contributed by atoms with E-state index in [1.165, 1.54) is 6.07 Å². The van der Waals surface area contributed by atoms with Gasteiger partial charge < -0.3 is 0 Å². The Morgan fingerprint density at radius 1 is 1.14 bits per heavy atom. The van der Waals surface area contributed by atoms with Crippen LogP contribution in [0.4, 0.5) is 5.00 Å². The van der Waals surface area contributed by atoms with E-state index in [4.69, 9.17) is 0 Å². The van der Waals surface area contributed by atoms with E-state index in [0.29, 0.717) is 3.71 Å². The Bertz CT molecular complexity index is 467. The minimum Gasteiger partial charge on any atom is -0.206 e. The fourth-order valence-electron chi connectivity index (χ4n) is 0.947. The van der Waals surface area contributed by atoms with Crippen molar-refractivity contribution < 1.29 is 16.8 Å². The second kappa shape index (κ2) is 3.52. The fourth-order valence-corrected chi connectivity index (χ4v) is 5.30. The summed E-state index contributed by atoms with van der Waals surface area (Å²) in [4.78, 5) is 0. The summed E-state index contributed by atoms with van der Waals surface area (Å²) in [6.07, 6.45) is 1.71. The topological polar surface area (TPSA) is 71.5 Å². The molecule has 8 heteroatoms. The van der Waals surface area contributed by atoms with Gasteiger partial charge in [0.15, 0.2) is 0 Å². The number of thiophene rings is 1. The van der Waals surface area contributed by atoms with Gasteiger partial charge in [-0.15, -0.1) is 11.3 Å². The second-order valence-electron chi connectivity index (χ2n) is 2.67. The molecule has 5 nitrogen and oxygen atoms in total. The number of hydrogen-bond acceptors (Lipinski definition) is 5. The van der Waals surface area contributed by atoms with E-state index in [1.807, 2.05) is 0 Å². The van der Waals surface area contributed by atoms with E-state index >= 15 is 0 Å². The smallest absolute Gasteiger partial charge is 0.206 e. The van der Waals surface area contributed by atoms with E-state index in [-0.39, 0.29) is 5.00 Å². The van der Waals surface area contributed by atoms with Crippen molar-refractivity contribution in [3.8, 4) is 0 Å². The number of sulfonamides is 2. The zero-order chi connectivity index (χ0) is 11.0. The van der Waals surface area contributed by atoms with Gasteiger partial charge in [-0.3, -0.25) is 0 Å². The zero-order valence-corrected chi connectivity index (χ0v) is 9.99. The van der Waals surface area contributed by atoms with Crippen molar-refractivity contribution in [1.29, 1.82) is 0 Å². The van der Waals surface area contributed by atoms with Crippen molar-refractivity contribution in [1.82, 2.24) is 0 Å². The Morgan fingerprint density at radius 3 is 1.93 bits per heavy atom. The maximum Gasteiger partial charge on any atom is 0.246 e. The first kappa shape index (κ1) is 11.5. The quantitative estimate of drug-likeness (QED) is 0.787. The first-order valence-electron chi connectivity index (χ1n) is 3.47. The summed E-state index contributed by atoms with van der Waals surface area (Å²) in [5, 5.41) is 1.79. The van der Waals surface area contributed by atoms with Gasteiger partial charge in [-0.05, 0) is 17.5 Å². The van der Waals surface area contributed by atoms with Gasteiger partial charge in [-0.25, -0.2) is 16.8 Å². The average molecular weight is 255 g/mol. The van der Waals surface area contributed by atoms with Crippen molar-refractivity contribution in [2.45, 2.75) is 0 Å². The largest absolute Gasteiger partial charge is 0.246 e. The van der Waals surface area contributed by atoms with Gasteiger partial charge in [-0.2, -0.15) is 3.71 Å². The normalized spacial score (nSPS) is 12.7. The lowest BCUT2D eigenvalue weighted by Gasteiger charge is -2.16. The van der Waals surface area contributed by atoms with Crippen molar-refractivity contribution in [2.75, 3.05) is 16.2 Å². The molecule has 0 aliphatic heterocycles. The third kappa shape index (κ3) is 2.46. The molecule has 0 unspecified atom stereocenters. The molecule has 0 N–H and O–H groups in total. The molecule has 1 heterocycles. The van der Waals surface area contributed by atoms with Gasteiger partial charge in [-0.1, -0.05) is 0 Å². The molecule has 0 saturated heterocycles. The molecule has 0 spiro atoms. The van der Waals surface area contributed by atoms with Gasteiger partial charge >= 0.3 is 0 Å². The maximum absolute atomic E-state index is 11.2. The van der Waals surface area contributed by atoms with Crippen LogP contribution in [0.3, 0.4) is 0 Å². The molecular weight excluding hydrogens is 246 g/mol. The van der Waals surface area contributed by atoms with Crippen molar-refractivity contribution in [3.63, 3.8) is 0 Å². The summed E-state index contributed by atoms with van der Waals surface area (Å²) in [5.41, 5.74) is 0. The maximum atomic E-state index is 11.2. The lowest BCUT2D eigenvalue weighted by Crippen LogP contribution is -2.34. The van der Waals surface area contributed by atoms with Crippen LogP contribution in [0.15, 0.2) is 17.5 Å². The summed E-state index contributed by atoms with van der Waals surface area (Å²) >= 11 is 1.05. The number of anilines is 1. The third-order valence-corrected chi connectivity index (χ3v) is 5.60. The summed E-state index contributed by atoms with van der Waals surface area (Å²) in [7, 11) is -7.58. The van der Waals surface area contributed by atoms with Crippen molar-refractivity contribution in [3.05, 3.63) is 17.5 Å². The molecule has 1 aromatic heterocycles. The second-order valence-corrected chi connectivity index (χ2v) is 7.49. The van der Waals surface area contributed by atoms with Crippen LogP contribution in [0.25, 0.3) is 0 Å². The molecule has 0 atom stereocenters. The number of nitrogens with zero attached hydrogens (tertiary/aromatic N) is 1. The van der Waals surface area contributed by atoms with E-state index < -0.39 is 20.0 Å². The van der Waals surface area contributed by atoms with E-state index in [0.717, 1.165) is 23.8 Å². The molecule has 80 valence electrons. The van der Waals surface area contributed by atoms with Crippen LogP contribution < -0.4 is 3.71 Å². The summed E-state index contributed by atoms with van der Waals surface area (Å²) in [6, 6.07) is 3.02. The molecule has 0 aromatic carbocycles. The van der Waals surface area contributed by atoms with Gasteiger partial charge in [0.1, 0.15) is 5.00 Å². The molecule has 0 radical (unpaired) electrons. The van der Waals surface area contributed by atoms with E-state index in [1.54, 1.807) is 11.4 Å². The van der Waals surface area contributed by atoms with E-state index in [2.05, 4.69) is 0 Å². The van der Waals surface area contributed by atoms with Crippen LogP contribution in [0.5, 0.6) is 0 Å². The van der Waals surface area contributed by atoms with Crippen molar-refractivity contribution in [2.24, 2.45) is 0 Å². The monoisotopic (exact) mass is 255 g/mol. The molecule has 14 heavy (non-hydrogen) atoms. The highest BCUT2D eigenvalue weighted by Crippen LogP contribution is 2.25. The molecule has 0 bridgehead atoms. The molecular formula is C6H9NO4S3. The first-order valence-corrected chi connectivity index (χ1v) is 8.04. The Morgan fingerprint density at radius 2 is 1.64 bits per heavy atom. The summed E-state index contributed by atoms with van der Waals surface area (Å²) in [5.74, 6) is 0. The first-order chi connectivity index (χ1) is 6.23. The van der Waals surface area contributed by atoms with Gasteiger partial charge in [0.2, 0.25) is 20.0 Å². The molecule has 1 rings (SSSR count). The summed E-state index contributed by atoms with van der Waals surface area (Å²) < 4.78 is 45.3. The Hall–Kier alpha value is -0.600. The van der Waals surface area contributed by atoms with Gasteiger partial charge in [0.05, 0.1) is 12.5 Å². The van der Waals surface area contributed by atoms with Gasteiger partial charge in [0.25, 0.3) is 0 Å². The molecule has 0 aliphatic carbocycles. The Kier molecular flexibility index (Phi) is 2.88. The molecule has 1 aromatic rings. The summed E-state index contributed by atoms with van der Waals surface area (Å²) in [6.45, 7) is 0. The molecule has 0 fully saturated rings. The van der Waals surface area contributed by atoms with Crippen LogP contribution in [-0.4, -0.2) is 29.3 Å². The zero-order valence-electron chi connectivity index (χ0n) is 7.54. The lowest BCUT2D eigenvalue weighted by molar-refractivity contribution is 0.591.